The molecule has 1 N–H and O–H groups in total. The molecule has 1 aliphatic heterocycles. The van der Waals surface area contributed by atoms with Crippen molar-refractivity contribution in [2.45, 2.75) is 76.8 Å². The van der Waals surface area contributed by atoms with Crippen LogP contribution in [0.15, 0.2) is 96.0 Å². The predicted octanol–water partition coefficient (Wildman–Crippen LogP) is 7.25. The summed E-state index contributed by atoms with van der Waals surface area (Å²) in [5.41, 5.74) is 3.92. The second kappa shape index (κ2) is 12.3. The molecule has 3 aromatic rings. The fraction of sp³-hybridized carbons (Fsp3) is 0.424. The van der Waals surface area contributed by atoms with Crippen molar-refractivity contribution < 1.29 is 4.43 Å². The summed E-state index contributed by atoms with van der Waals surface area (Å²) in [6.07, 6.45) is 1.86. The third-order valence-corrected chi connectivity index (χ3v) is 12.6. The van der Waals surface area contributed by atoms with Gasteiger partial charge in [-0.15, -0.1) is 0 Å². The molecule has 3 atom stereocenters. The Kier molecular flexibility index (Phi) is 9.11. The van der Waals surface area contributed by atoms with Crippen LogP contribution in [0.3, 0.4) is 0 Å². The minimum atomic E-state index is -1.91. The van der Waals surface area contributed by atoms with E-state index in [2.05, 4.69) is 142 Å². The highest BCUT2D eigenvalue weighted by molar-refractivity contribution is 6.74. The van der Waals surface area contributed by atoms with Crippen LogP contribution in [-0.2, 0) is 17.3 Å². The van der Waals surface area contributed by atoms with Crippen LogP contribution < -0.4 is 5.32 Å². The Labute approximate surface area is 231 Å². The van der Waals surface area contributed by atoms with E-state index in [0.29, 0.717) is 6.61 Å². The number of rotatable bonds is 10. The fourth-order valence-corrected chi connectivity index (χ4v) is 5.77. The normalized spacial score (nSPS) is 17.7. The van der Waals surface area contributed by atoms with Crippen LogP contribution in [0, 0.1) is 0 Å². The van der Waals surface area contributed by atoms with Gasteiger partial charge >= 0.3 is 0 Å². The lowest BCUT2D eigenvalue weighted by Crippen LogP contribution is -2.51. The molecule has 0 unspecified atom stereocenters. The number of nitrogens with one attached hydrogen (secondary N) is 1. The summed E-state index contributed by atoms with van der Waals surface area (Å²) in [4.78, 5) is 7.77. The third kappa shape index (κ3) is 7.36. The van der Waals surface area contributed by atoms with Crippen LogP contribution in [0.5, 0.6) is 0 Å². The average molecular weight is 528 g/mol. The molecule has 4 rings (SSSR count). The van der Waals surface area contributed by atoms with E-state index in [1.165, 1.54) is 16.7 Å². The molecule has 38 heavy (non-hydrogen) atoms. The molecular weight excluding hydrogens is 482 g/mol. The smallest absolute Gasteiger partial charge is 0.195 e. The van der Waals surface area contributed by atoms with Crippen LogP contribution in [0.4, 0.5) is 0 Å². The first kappa shape index (κ1) is 28.1. The summed E-state index contributed by atoms with van der Waals surface area (Å²) in [5.74, 6) is 0.988. The number of aliphatic imine (C=N–C) groups is 1. The van der Waals surface area contributed by atoms with Crippen LogP contribution >= 0.6 is 0 Å². The van der Waals surface area contributed by atoms with Crippen LogP contribution in [0.2, 0.25) is 18.1 Å². The first-order valence-electron chi connectivity index (χ1n) is 14.0. The van der Waals surface area contributed by atoms with Gasteiger partial charge in [-0.25, -0.2) is 4.99 Å². The Hall–Kier alpha value is -2.89. The molecule has 1 heterocycles. The lowest BCUT2D eigenvalue weighted by atomic mass is 10.0. The summed E-state index contributed by atoms with van der Waals surface area (Å²) in [6, 6.07) is 32.7. The molecular formula is C33H45N3OSi. The topological polar surface area (TPSA) is 36.9 Å². The third-order valence-electron chi connectivity index (χ3n) is 8.14. The van der Waals surface area contributed by atoms with Gasteiger partial charge in [0, 0.05) is 6.54 Å². The zero-order valence-electron chi connectivity index (χ0n) is 24.0. The summed E-state index contributed by atoms with van der Waals surface area (Å²) in [6.45, 7) is 15.4. The van der Waals surface area contributed by atoms with Crippen LogP contribution in [0.25, 0.3) is 0 Å². The zero-order chi connectivity index (χ0) is 27.2. The van der Waals surface area contributed by atoms with Crippen molar-refractivity contribution in [3.8, 4) is 0 Å². The molecule has 1 aliphatic rings. The molecule has 0 aromatic heterocycles. The fourth-order valence-electron chi connectivity index (χ4n) is 4.72. The van der Waals surface area contributed by atoms with Gasteiger partial charge in [0.25, 0.3) is 0 Å². The maximum atomic E-state index is 6.85. The highest BCUT2D eigenvalue weighted by Crippen LogP contribution is 2.37. The molecule has 0 spiro atoms. The number of benzene rings is 3. The van der Waals surface area contributed by atoms with Gasteiger partial charge in [-0.05, 0) is 54.6 Å². The lowest BCUT2D eigenvalue weighted by Gasteiger charge is -2.39. The van der Waals surface area contributed by atoms with E-state index < -0.39 is 8.32 Å². The van der Waals surface area contributed by atoms with E-state index in [1.54, 1.807) is 0 Å². The highest BCUT2D eigenvalue weighted by atomic mass is 28.4. The van der Waals surface area contributed by atoms with E-state index >= 15 is 0 Å². The van der Waals surface area contributed by atoms with Gasteiger partial charge in [-0.2, -0.15) is 0 Å². The van der Waals surface area contributed by atoms with Crippen molar-refractivity contribution in [1.82, 2.24) is 10.2 Å². The second-order valence-corrected chi connectivity index (χ2v) is 16.9. The highest BCUT2D eigenvalue weighted by Gasteiger charge is 2.39. The Morgan fingerprint density at radius 2 is 1.45 bits per heavy atom. The molecule has 0 radical (unpaired) electrons. The lowest BCUT2D eigenvalue weighted by molar-refractivity contribution is 0.182. The monoisotopic (exact) mass is 527 g/mol. The summed E-state index contributed by atoms with van der Waals surface area (Å²) in [5, 5.41) is 3.96. The standard InChI is InChI=1S/C33H45N3OSi/c1-26(29-20-14-9-15-21-29)34-32-35-30(22-27-16-10-7-11-17-27)24-36(32)31(23-28-18-12-8-13-19-28)25-37-38(5,6)33(2,3)4/h7-21,26,30-31H,22-25H2,1-6H3,(H,34,35)/t26-,30-,31+/m0/s1. The van der Waals surface area contributed by atoms with Crippen molar-refractivity contribution in [3.05, 3.63) is 108 Å². The molecule has 0 bridgehead atoms. The molecule has 5 heteroatoms. The Morgan fingerprint density at radius 1 is 0.895 bits per heavy atom. The maximum absolute atomic E-state index is 6.85. The average Bonchev–Trinajstić information content (AvgIpc) is 3.29. The molecule has 4 nitrogen and oxygen atoms in total. The quantitative estimate of drug-likeness (QED) is 0.282. The van der Waals surface area contributed by atoms with E-state index in [9.17, 15) is 0 Å². The molecule has 3 aromatic carbocycles. The van der Waals surface area contributed by atoms with Crippen LogP contribution in [-0.4, -0.2) is 44.4 Å². The van der Waals surface area contributed by atoms with Crippen molar-refractivity contribution in [2.75, 3.05) is 13.2 Å². The molecule has 0 saturated heterocycles. The van der Waals surface area contributed by atoms with E-state index in [1.807, 2.05) is 0 Å². The first-order chi connectivity index (χ1) is 18.1. The molecule has 0 fully saturated rings. The Bertz CT molecular complexity index is 1160. The minimum absolute atomic E-state index is 0.159. The molecule has 0 aliphatic carbocycles. The molecule has 202 valence electrons. The second-order valence-electron chi connectivity index (χ2n) is 12.1. The van der Waals surface area contributed by atoms with Crippen molar-refractivity contribution in [1.29, 1.82) is 0 Å². The number of hydrogen-bond donors (Lipinski definition) is 1. The largest absolute Gasteiger partial charge is 0.415 e. The van der Waals surface area contributed by atoms with Crippen molar-refractivity contribution in [2.24, 2.45) is 4.99 Å². The minimum Gasteiger partial charge on any atom is -0.415 e. The summed E-state index contributed by atoms with van der Waals surface area (Å²) < 4.78 is 6.85. The van der Waals surface area contributed by atoms with Crippen LogP contribution in [0.1, 0.15) is 50.4 Å². The predicted molar refractivity (Wildman–Crippen MR) is 163 cm³/mol. The SMILES string of the molecule is C[C@H](NC1=N[C@@H](Cc2ccccc2)CN1[C@@H](CO[Si](C)(C)C(C)(C)C)Cc1ccccc1)c1ccccc1. The number of nitrogens with zero attached hydrogens (tertiary/aromatic N) is 2. The summed E-state index contributed by atoms with van der Waals surface area (Å²) in [7, 11) is -1.91. The number of hydrogen-bond acceptors (Lipinski definition) is 4. The van der Waals surface area contributed by atoms with Gasteiger partial charge in [0.05, 0.1) is 24.7 Å². The molecule has 0 saturated carbocycles. The maximum Gasteiger partial charge on any atom is 0.195 e. The first-order valence-corrected chi connectivity index (χ1v) is 16.9. The number of guanidine groups is 1. The van der Waals surface area contributed by atoms with E-state index in [0.717, 1.165) is 25.3 Å². The van der Waals surface area contributed by atoms with Gasteiger partial charge in [0.2, 0.25) is 0 Å². The Balaban J connectivity index is 1.61. The van der Waals surface area contributed by atoms with Gasteiger partial charge in [0.15, 0.2) is 14.3 Å². The van der Waals surface area contributed by atoms with Gasteiger partial charge in [-0.1, -0.05) is 112 Å². The van der Waals surface area contributed by atoms with Gasteiger partial charge in [0.1, 0.15) is 0 Å². The Morgan fingerprint density at radius 3 is 2.03 bits per heavy atom. The van der Waals surface area contributed by atoms with Gasteiger partial charge in [-0.3, -0.25) is 0 Å². The van der Waals surface area contributed by atoms with Crippen molar-refractivity contribution >= 4 is 14.3 Å². The van der Waals surface area contributed by atoms with E-state index in [4.69, 9.17) is 9.42 Å². The van der Waals surface area contributed by atoms with Crippen molar-refractivity contribution in [3.63, 3.8) is 0 Å². The molecule has 0 amide bonds. The van der Waals surface area contributed by atoms with Gasteiger partial charge < -0.3 is 14.6 Å². The zero-order valence-corrected chi connectivity index (χ0v) is 25.0. The summed E-state index contributed by atoms with van der Waals surface area (Å²) >= 11 is 0. The van der Waals surface area contributed by atoms with E-state index in [-0.39, 0.29) is 23.2 Å².